The Balaban J connectivity index is 1.42. The summed E-state index contributed by atoms with van der Waals surface area (Å²) in [5.74, 6) is -0.211. The third kappa shape index (κ3) is 5.09. The first-order chi connectivity index (χ1) is 12.6. The number of likely N-dealkylation sites (tertiary alicyclic amines) is 1. The Morgan fingerprint density at radius 2 is 1.73 bits per heavy atom. The molecule has 2 aromatic carbocycles. The van der Waals surface area contributed by atoms with Gasteiger partial charge in [0.1, 0.15) is 0 Å². The van der Waals surface area contributed by atoms with Crippen LogP contribution in [0.5, 0.6) is 0 Å². The van der Waals surface area contributed by atoms with E-state index in [-0.39, 0.29) is 17.7 Å². The summed E-state index contributed by atoms with van der Waals surface area (Å²) in [5.41, 5.74) is 2.33. The molecule has 0 saturated carbocycles. The van der Waals surface area contributed by atoms with E-state index in [0.717, 1.165) is 18.4 Å². The van der Waals surface area contributed by atoms with Crippen molar-refractivity contribution in [2.75, 3.05) is 19.6 Å². The summed E-state index contributed by atoms with van der Waals surface area (Å²) >= 11 is 5.87. The molecule has 1 saturated heterocycles. The summed E-state index contributed by atoms with van der Waals surface area (Å²) < 4.78 is 0. The molecular formula is C21H23ClN2O2. The van der Waals surface area contributed by atoms with Gasteiger partial charge in [0.25, 0.3) is 0 Å². The molecule has 0 bridgehead atoms. The Morgan fingerprint density at radius 1 is 1.04 bits per heavy atom. The predicted octanol–water partition coefficient (Wildman–Crippen LogP) is 3.09. The first-order valence-corrected chi connectivity index (χ1v) is 9.33. The smallest absolute Gasteiger partial charge is 0.225 e. The third-order valence-corrected chi connectivity index (χ3v) is 4.98. The number of hydrogen-bond donors (Lipinski definition) is 1. The average molecular weight is 371 g/mol. The van der Waals surface area contributed by atoms with Crippen molar-refractivity contribution in [3.05, 3.63) is 70.7 Å². The maximum Gasteiger partial charge on any atom is 0.225 e. The third-order valence-electron chi connectivity index (χ3n) is 4.72. The molecule has 2 aromatic rings. The highest BCUT2D eigenvalue weighted by molar-refractivity contribution is 6.30. The fraction of sp³-hybridized carbons (Fsp3) is 0.333. The molecule has 1 fully saturated rings. The van der Waals surface area contributed by atoms with Gasteiger partial charge in [-0.1, -0.05) is 54.1 Å². The van der Waals surface area contributed by atoms with Crippen LogP contribution in [-0.4, -0.2) is 36.3 Å². The van der Waals surface area contributed by atoms with Gasteiger partial charge in [0.05, 0.1) is 5.92 Å². The van der Waals surface area contributed by atoms with Gasteiger partial charge >= 0.3 is 0 Å². The van der Waals surface area contributed by atoms with Crippen molar-refractivity contribution in [2.24, 2.45) is 5.92 Å². The second-order valence-corrected chi connectivity index (χ2v) is 7.08. The fourth-order valence-electron chi connectivity index (χ4n) is 3.20. The molecule has 0 radical (unpaired) electrons. The highest BCUT2D eigenvalue weighted by Gasteiger charge is 2.33. The highest BCUT2D eigenvalue weighted by atomic mass is 35.5. The highest BCUT2D eigenvalue weighted by Crippen LogP contribution is 2.18. The van der Waals surface area contributed by atoms with E-state index in [1.807, 2.05) is 42.5 Å². The Hall–Kier alpha value is -2.33. The van der Waals surface area contributed by atoms with Gasteiger partial charge in [0.15, 0.2) is 0 Å². The number of rotatable bonds is 7. The second kappa shape index (κ2) is 8.86. The van der Waals surface area contributed by atoms with Gasteiger partial charge in [0, 0.05) is 31.1 Å². The largest absolute Gasteiger partial charge is 0.355 e. The number of carbonyl (C=O) groups excluding carboxylic acids is 2. The number of halogens is 1. The monoisotopic (exact) mass is 370 g/mol. The maximum atomic E-state index is 12.3. The molecule has 1 heterocycles. The van der Waals surface area contributed by atoms with Gasteiger partial charge in [-0.2, -0.15) is 0 Å². The summed E-state index contributed by atoms with van der Waals surface area (Å²) in [4.78, 5) is 26.3. The summed E-state index contributed by atoms with van der Waals surface area (Å²) in [7, 11) is 0. The molecule has 0 aromatic heterocycles. The van der Waals surface area contributed by atoms with Crippen LogP contribution in [0.2, 0.25) is 5.02 Å². The molecular weight excluding hydrogens is 348 g/mol. The van der Waals surface area contributed by atoms with Crippen LogP contribution in [0.25, 0.3) is 0 Å². The first-order valence-electron chi connectivity index (χ1n) is 8.95. The number of benzene rings is 2. The Kier molecular flexibility index (Phi) is 6.29. The van der Waals surface area contributed by atoms with Crippen LogP contribution in [0.4, 0.5) is 0 Å². The molecule has 2 amide bonds. The zero-order valence-electron chi connectivity index (χ0n) is 14.7. The Bertz CT molecular complexity index is 746. The van der Waals surface area contributed by atoms with Crippen LogP contribution in [0.1, 0.15) is 17.5 Å². The zero-order valence-corrected chi connectivity index (χ0v) is 15.4. The number of hydrogen-bond acceptors (Lipinski definition) is 2. The zero-order chi connectivity index (χ0) is 18.4. The van der Waals surface area contributed by atoms with Crippen LogP contribution in [-0.2, 0) is 22.4 Å². The minimum Gasteiger partial charge on any atom is -0.355 e. The molecule has 0 spiro atoms. The molecule has 1 aliphatic rings. The topological polar surface area (TPSA) is 49.4 Å². The number of amides is 2. The van der Waals surface area contributed by atoms with Crippen molar-refractivity contribution in [1.82, 2.24) is 10.2 Å². The summed E-state index contributed by atoms with van der Waals surface area (Å²) in [5, 5.41) is 3.66. The molecule has 0 aliphatic carbocycles. The minimum absolute atomic E-state index is 0.0328. The van der Waals surface area contributed by atoms with E-state index in [1.165, 1.54) is 5.56 Å². The van der Waals surface area contributed by atoms with Gasteiger partial charge in [-0.15, -0.1) is 0 Å². The van der Waals surface area contributed by atoms with Crippen LogP contribution in [0.15, 0.2) is 54.6 Å². The molecule has 26 heavy (non-hydrogen) atoms. The van der Waals surface area contributed by atoms with Gasteiger partial charge in [0.2, 0.25) is 11.8 Å². The molecule has 1 aliphatic heterocycles. The van der Waals surface area contributed by atoms with Gasteiger partial charge in [-0.3, -0.25) is 9.59 Å². The molecule has 3 rings (SSSR count). The van der Waals surface area contributed by atoms with E-state index in [1.54, 1.807) is 4.90 Å². The molecule has 4 nitrogen and oxygen atoms in total. The lowest BCUT2D eigenvalue weighted by molar-refractivity contribution is -0.129. The fourth-order valence-corrected chi connectivity index (χ4v) is 3.32. The summed E-state index contributed by atoms with van der Waals surface area (Å²) in [6, 6.07) is 17.7. The van der Waals surface area contributed by atoms with E-state index < -0.39 is 0 Å². The van der Waals surface area contributed by atoms with E-state index in [0.29, 0.717) is 31.1 Å². The first kappa shape index (κ1) is 18.5. The molecule has 5 heteroatoms. The van der Waals surface area contributed by atoms with E-state index in [2.05, 4.69) is 17.4 Å². The maximum absolute atomic E-state index is 12.3. The van der Waals surface area contributed by atoms with Crippen LogP contribution < -0.4 is 5.32 Å². The van der Waals surface area contributed by atoms with Gasteiger partial charge < -0.3 is 10.2 Å². The Morgan fingerprint density at radius 3 is 2.46 bits per heavy atom. The predicted molar refractivity (Wildman–Crippen MR) is 103 cm³/mol. The van der Waals surface area contributed by atoms with Gasteiger partial charge in [-0.05, 0) is 36.1 Å². The van der Waals surface area contributed by atoms with Crippen molar-refractivity contribution in [1.29, 1.82) is 0 Å². The summed E-state index contributed by atoms with van der Waals surface area (Å²) in [6.07, 6.45) is 1.88. The molecule has 1 N–H and O–H groups in total. The van der Waals surface area contributed by atoms with Crippen molar-refractivity contribution in [3.8, 4) is 0 Å². The molecule has 0 unspecified atom stereocenters. The van der Waals surface area contributed by atoms with Crippen LogP contribution >= 0.6 is 11.6 Å². The number of nitrogens with zero attached hydrogens (tertiary/aromatic N) is 1. The van der Waals surface area contributed by atoms with Crippen molar-refractivity contribution in [3.63, 3.8) is 0 Å². The van der Waals surface area contributed by atoms with Gasteiger partial charge in [-0.25, -0.2) is 0 Å². The SMILES string of the molecule is O=C(NCCc1ccc(Cl)cc1)[C@H]1CC(=O)N(CCc2ccccc2)C1. The molecule has 136 valence electrons. The number of nitrogens with one attached hydrogen (secondary N) is 1. The standard InChI is InChI=1S/C21H23ClN2O2/c22-19-8-6-17(7-9-19)10-12-23-21(26)18-14-20(25)24(15-18)13-11-16-4-2-1-3-5-16/h1-9,18H,10-15H2,(H,23,26)/t18-/m0/s1. The van der Waals surface area contributed by atoms with Crippen molar-refractivity contribution >= 4 is 23.4 Å². The van der Waals surface area contributed by atoms with E-state index in [9.17, 15) is 9.59 Å². The lowest BCUT2D eigenvalue weighted by Gasteiger charge is -2.16. The van der Waals surface area contributed by atoms with E-state index in [4.69, 9.17) is 11.6 Å². The van der Waals surface area contributed by atoms with E-state index >= 15 is 0 Å². The minimum atomic E-state index is -0.247. The average Bonchev–Trinajstić information content (AvgIpc) is 3.03. The van der Waals surface area contributed by atoms with Crippen molar-refractivity contribution in [2.45, 2.75) is 19.3 Å². The number of carbonyl (C=O) groups is 2. The second-order valence-electron chi connectivity index (χ2n) is 6.64. The van der Waals surface area contributed by atoms with Crippen LogP contribution in [0, 0.1) is 5.92 Å². The quantitative estimate of drug-likeness (QED) is 0.814. The Labute approximate surface area is 159 Å². The van der Waals surface area contributed by atoms with Crippen molar-refractivity contribution < 1.29 is 9.59 Å². The summed E-state index contributed by atoms with van der Waals surface area (Å²) in [6.45, 7) is 1.74. The van der Waals surface area contributed by atoms with Crippen LogP contribution in [0.3, 0.4) is 0 Å². The lowest BCUT2D eigenvalue weighted by Crippen LogP contribution is -2.34. The molecule has 1 atom stereocenters. The normalized spacial score (nSPS) is 16.7. The lowest BCUT2D eigenvalue weighted by atomic mass is 10.1.